The number of fused-ring (bicyclic) bond motifs is 1. The van der Waals surface area contributed by atoms with E-state index in [2.05, 4.69) is 23.1 Å². The van der Waals surface area contributed by atoms with E-state index in [1.807, 2.05) is 0 Å². The number of ether oxygens (including phenoxy) is 1. The van der Waals surface area contributed by atoms with Crippen molar-refractivity contribution in [1.82, 2.24) is 4.90 Å². The first kappa shape index (κ1) is 17.1. The maximum atomic E-state index is 11.7. The van der Waals surface area contributed by atoms with Crippen molar-refractivity contribution >= 4 is 57.4 Å². The van der Waals surface area contributed by atoms with Crippen molar-refractivity contribution in [3.05, 3.63) is 29.3 Å². The monoisotopic (exact) mass is 688 g/mol. The van der Waals surface area contributed by atoms with Gasteiger partial charge >= 0.3 is 165 Å². The number of primary amides is 1. The molecular formula is C16H20N2O2Pb2. The third-order valence-corrected chi connectivity index (χ3v) is 9.83. The zero-order valence-electron chi connectivity index (χ0n) is 12.6. The SMILES string of the molecule is NC(=O)[C]([Pb])([Pb])C1CCN(CCc2ccc3c(c2)CCO3)C1. The van der Waals surface area contributed by atoms with E-state index in [4.69, 9.17) is 10.5 Å². The first-order chi connectivity index (χ1) is 10.5. The zero-order valence-corrected chi connectivity index (χ0v) is 20.4. The molecule has 6 radical (unpaired) electrons. The Balaban J connectivity index is 1.54. The van der Waals surface area contributed by atoms with Gasteiger partial charge in [0.05, 0.1) is 0 Å². The van der Waals surface area contributed by atoms with E-state index in [1.165, 1.54) is 11.1 Å². The van der Waals surface area contributed by atoms with Crippen LogP contribution in [0.1, 0.15) is 17.5 Å². The van der Waals surface area contributed by atoms with Crippen LogP contribution in [0.5, 0.6) is 5.75 Å². The Kier molecular flexibility index (Phi) is 5.48. The molecule has 114 valence electrons. The predicted octanol–water partition coefficient (Wildman–Crippen LogP) is 0.424. The Hall–Kier alpha value is 0.294. The molecule has 1 aromatic rings. The molecule has 22 heavy (non-hydrogen) atoms. The fourth-order valence-corrected chi connectivity index (χ4v) is 5.10. The van der Waals surface area contributed by atoms with E-state index in [-0.39, 0.29) is 6.44 Å². The Morgan fingerprint density at radius 2 is 2.27 bits per heavy atom. The molecular weight excluding hydrogens is 667 g/mol. The van der Waals surface area contributed by atoms with Crippen LogP contribution in [0, 0.1) is 5.92 Å². The van der Waals surface area contributed by atoms with Crippen molar-refractivity contribution in [3.63, 3.8) is 0 Å². The second-order valence-electron chi connectivity index (χ2n) is 6.25. The van der Waals surface area contributed by atoms with Gasteiger partial charge in [-0.15, -0.1) is 0 Å². The molecule has 0 aromatic heterocycles. The summed E-state index contributed by atoms with van der Waals surface area (Å²) in [6.45, 7) is 4.05. The first-order valence-corrected chi connectivity index (χ1v) is 11.6. The van der Waals surface area contributed by atoms with Crippen molar-refractivity contribution in [2.75, 3.05) is 26.2 Å². The summed E-state index contributed by atoms with van der Waals surface area (Å²) < 4.78 is 5.43. The van der Waals surface area contributed by atoms with Crippen LogP contribution >= 0.6 is 0 Å². The predicted molar refractivity (Wildman–Crippen MR) is 87.3 cm³/mol. The van der Waals surface area contributed by atoms with Crippen LogP contribution < -0.4 is 10.5 Å². The van der Waals surface area contributed by atoms with Crippen LogP contribution in [0.3, 0.4) is 0 Å². The van der Waals surface area contributed by atoms with E-state index in [9.17, 15) is 4.79 Å². The average Bonchev–Trinajstić information content (AvgIpc) is 3.13. The standard InChI is InChI=1S/C16H20N2O2.2Pb/c17-16(19)10-13-4-7-18(11-13)6-3-12-1-2-15-14(9-12)5-8-20-15;;/h1-2,9,13H,3-8,11H2,(H2,17,19);;. The minimum atomic E-state index is -0.125. The van der Waals surface area contributed by atoms with E-state index >= 15 is 0 Å². The zero-order chi connectivity index (χ0) is 15.7. The second kappa shape index (κ2) is 7.04. The molecule has 2 N–H and O–H groups in total. The Labute approximate surface area is 163 Å². The molecule has 0 spiro atoms. The van der Waals surface area contributed by atoms with E-state index in [1.54, 1.807) is 0 Å². The van der Waals surface area contributed by atoms with Crippen molar-refractivity contribution in [2.45, 2.75) is 19.8 Å². The number of nitrogens with two attached hydrogens (primary N) is 1. The number of nitrogens with zero attached hydrogens (tertiary/aromatic N) is 1. The van der Waals surface area contributed by atoms with Crippen molar-refractivity contribution < 1.29 is 9.53 Å². The van der Waals surface area contributed by atoms with Crippen molar-refractivity contribution in [1.29, 1.82) is 0 Å². The van der Waals surface area contributed by atoms with Crippen LogP contribution in [-0.4, -0.2) is 88.6 Å². The number of rotatable bonds is 5. The molecule has 6 heteroatoms. The third-order valence-electron chi connectivity index (χ3n) is 4.74. The van der Waals surface area contributed by atoms with Crippen LogP contribution in [-0.2, 0) is 17.6 Å². The molecule has 2 heterocycles. The van der Waals surface area contributed by atoms with Crippen molar-refractivity contribution in [2.24, 2.45) is 11.7 Å². The van der Waals surface area contributed by atoms with Gasteiger partial charge in [0.15, 0.2) is 0 Å². The molecule has 1 aromatic carbocycles. The molecule has 2 aliphatic heterocycles. The third kappa shape index (κ3) is 3.68. The number of likely N-dealkylation sites (tertiary alicyclic amines) is 1. The van der Waals surface area contributed by atoms with Gasteiger partial charge in [-0.25, -0.2) is 0 Å². The average molecular weight is 687 g/mol. The molecule has 1 unspecified atom stereocenters. The first-order valence-electron chi connectivity index (χ1n) is 7.73. The Bertz CT molecular complexity index is 577. The summed E-state index contributed by atoms with van der Waals surface area (Å²) >= 11 is 1.80. The van der Waals surface area contributed by atoms with Crippen molar-refractivity contribution in [3.8, 4) is 5.75 Å². The summed E-state index contributed by atoms with van der Waals surface area (Å²) in [6.07, 6.45) is 3.25. The van der Waals surface area contributed by atoms with Gasteiger partial charge in [0.2, 0.25) is 0 Å². The number of amides is 1. The van der Waals surface area contributed by atoms with E-state index < -0.39 is 0 Å². The molecule has 0 bridgehead atoms. The van der Waals surface area contributed by atoms with Crippen LogP contribution in [0.15, 0.2) is 18.2 Å². The van der Waals surface area contributed by atoms with Crippen LogP contribution in [0.2, 0.25) is 0.533 Å². The molecule has 0 saturated carbocycles. The molecule has 2 aliphatic rings. The molecule has 3 rings (SSSR count). The molecule has 1 amide bonds. The number of hydrogen-bond donors (Lipinski definition) is 1. The van der Waals surface area contributed by atoms with Gasteiger partial charge in [0.25, 0.3) is 0 Å². The summed E-state index contributed by atoms with van der Waals surface area (Å²) in [5, 5.41) is 0. The molecule has 0 aliphatic carbocycles. The van der Waals surface area contributed by atoms with Gasteiger partial charge in [0, 0.05) is 0 Å². The van der Waals surface area contributed by atoms with Gasteiger partial charge < -0.3 is 0 Å². The van der Waals surface area contributed by atoms with Crippen LogP contribution in [0.4, 0.5) is 0 Å². The fraction of sp³-hybridized carbons (Fsp3) is 0.562. The maximum absolute atomic E-state index is 11.7. The van der Waals surface area contributed by atoms with Gasteiger partial charge in [0.1, 0.15) is 0 Å². The fourth-order valence-electron chi connectivity index (χ4n) is 3.27. The second-order valence-corrected chi connectivity index (χ2v) is 19.9. The summed E-state index contributed by atoms with van der Waals surface area (Å²) in [6, 6.07) is 6.59. The summed E-state index contributed by atoms with van der Waals surface area (Å²) in [5.74, 6) is 1.50. The minimum absolute atomic E-state index is 0.0590. The number of carbonyl (C=O) groups is 1. The summed E-state index contributed by atoms with van der Waals surface area (Å²) in [4.78, 5) is 14.2. The quantitative estimate of drug-likeness (QED) is 0.458. The summed E-state index contributed by atoms with van der Waals surface area (Å²) in [7, 11) is 0. The topological polar surface area (TPSA) is 55.6 Å². The molecule has 1 saturated heterocycles. The van der Waals surface area contributed by atoms with Crippen LogP contribution in [0.25, 0.3) is 0 Å². The summed E-state index contributed by atoms with van der Waals surface area (Å²) in [5.41, 5.74) is 8.36. The number of carbonyl (C=O) groups excluding carboxylic acids is 1. The van der Waals surface area contributed by atoms with Gasteiger partial charge in [-0.3, -0.25) is 0 Å². The molecule has 4 nitrogen and oxygen atoms in total. The van der Waals surface area contributed by atoms with Gasteiger partial charge in [-0.1, -0.05) is 0 Å². The van der Waals surface area contributed by atoms with E-state index in [0.29, 0.717) is 5.92 Å². The molecule has 1 fully saturated rings. The molecule has 1 atom stereocenters. The number of hydrogen-bond acceptors (Lipinski definition) is 3. The Morgan fingerprint density at radius 3 is 3.05 bits per heavy atom. The van der Waals surface area contributed by atoms with Gasteiger partial charge in [-0.2, -0.15) is 0 Å². The number of benzene rings is 1. The normalized spacial score (nSPS) is 21.6. The van der Waals surface area contributed by atoms with E-state index in [0.717, 1.165) is 103 Å². The van der Waals surface area contributed by atoms with Gasteiger partial charge in [-0.05, 0) is 0 Å². The Morgan fingerprint density at radius 1 is 1.45 bits per heavy atom.